The van der Waals surface area contributed by atoms with Crippen molar-refractivity contribution >= 4 is 33.5 Å². The second-order valence-electron chi connectivity index (χ2n) is 4.22. The van der Waals surface area contributed by atoms with Crippen molar-refractivity contribution < 1.29 is 27.9 Å². The van der Waals surface area contributed by atoms with Crippen LogP contribution in [0.1, 0.15) is 18.4 Å². The molecular weight excluding hydrogens is 357 g/mol. The van der Waals surface area contributed by atoms with Crippen LogP contribution in [0.3, 0.4) is 0 Å². The van der Waals surface area contributed by atoms with Crippen LogP contribution >= 0.6 is 15.9 Å². The Labute approximate surface area is 126 Å². The molecule has 1 rings (SSSR count). The topological polar surface area (TPSA) is 92.4 Å². The van der Waals surface area contributed by atoms with Crippen LogP contribution in [0.15, 0.2) is 22.7 Å². The Bertz CT molecular complexity index is 549. The van der Waals surface area contributed by atoms with Crippen molar-refractivity contribution in [2.24, 2.45) is 5.73 Å². The lowest BCUT2D eigenvalue weighted by molar-refractivity contribution is -0.138. The number of carbonyl (C=O) groups is 2. The van der Waals surface area contributed by atoms with E-state index in [4.69, 9.17) is 10.8 Å². The standard InChI is InChI=1S/C12H12BrF3N2O3/c13-7-2-1-6(12(14,15)16)5-9(7)18-11(21)8(17)3-4-10(19)20/h1-2,5,8H,3-4,17H2,(H,18,21)(H,19,20). The molecule has 1 aromatic carbocycles. The minimum absolute atomic E-state index is 0.0828. The maximum absolute atomic E-state index is 12.6. The van der Waals surface area contributed by atoms with Crippen LogP contribution in [0.25, 0.3) is 0 Å². The predicted molar refractivity (Wildman–Crippen MR) is 72.6 cm³/mol. The molecule has 0 saturated carbocycles. The summed E-state index contributed by atoms with van der Waals surface area (Å²) in [6.07, 6.45) is -4.96. The quantitative estimate of drug-likeness (QED) is 0.744. The number of alkyl halides is 3. The molecule has 1 atom stereocenters. The minimum Gasteiger partial charge on any atom is -0.481 e. The lowest BCUT2D eigenvalue weighted by atomic mass is 10.1. The Kier molecular flexibility index (Phi) is 5.73. The van der Waals surface area contributed by atoms with Gasteiger partial charge >= 0.3 is 12.1 Å². The van der Waals surface area contributed by atoms with Crippen molar-refractivity contribution in [3.63, 3.8) is 0 Å². The number of carboxylic acids is 1. The smallest absolute Gasteiger partial charge is 0.416 e. The van der Waals surface area contributed by atoms with Gasteiger partial charge in [0.25, 0.3) is 0 Å². The van der Waals surface area contributed by atoms with Crippen LogP contribution in [-0.4, -0.2) is 23.0 Å². The van der Waals surface area contributed by atoms with Gasteiger partial charge in [-0.05, 0) is 40.5 Å². The highest BCUT2D eigenvalue weighted by atomic mass is 79.9. The third kappa shape index (κ3) is 5.35. The summed E-state index contributed by atoms with van der Waals surface area (Å²) in [6.45, 7) is 0. The fraction of sp³-hybridized carbons (Fsp3) is 0.333. The molecule has 116 valence electrons. The van der Waals surface area contributed by atoms with Gasteiger partial charge in [0, 0.05) is 10.9 Å². The molecule has 0 heterocycles. The Balaban J connectivity index is 2.82. The first-order valence-corrected chi connectivity index (χ1v) is 6.55. The fourth-order valence-corrected chi connectivity index (χ4v) is 1.78. The fourth-order valence-electron chi connectivity index (χ4n) is 1.43. The van der Waals surface area contributed by atoms with Crippen LogP contribution < -0.4 is 11.1 Å². The van der Waals surface area contributed by atoms with E-state index in [2.05, 4.69) is 21.2 Å². The minimum atomic E-state index is -4.54. The molecular formula is C12H12BrF3N2O3. The third-order valence-corrected chi connectivity index (χ3v) is 3.25. The van der Waals surface area contributed by atoms with E-state index >= 15 is 0 Å². The van der Waals surface area contributed by atoms with Gasteiger partial charge in [0.2, 0.25) is 5.91 Å². The first kappa shape index (κ1) is 17.4. The number of aliphatic carboxylic acids is 1. The van der Waals surface area contributed by atoms with Gasteiger partial charge in [0.05, 0.1) is 17.3 Å². The average molecular weight is 369 g/mol. The number of hydrogen-bond acceptors (Lipinski definition) is 3. The molecule has 1 amide bonds. The van der Waals surface area contributed by atoms with Crippen molar-refractivity contribution in [3.05, 3.63) is 28.2 Å². The normalized spacial score (nSPS) is 12.8. The van der Waals surface area contributed by atoms with Gasteiger partial charge in [0.1, 0.15) is 0 Å². The predicted octanol–water partition coefficient (Wildman–Crippen LogP) is 2.60. The number of nitrogens with two attached hydrogens (primary N) is 1. The molecule has 1 aromatic rings. The highest BCUT2D eigenvalue weighted by Crippen LogP contribution is 2.33. The van der Waals surface area contributed by atoms with Crippen LogP contribution in [-0.2, 0) is 15.8 Å². The molecule has 0 aliphatic heterocycles. The Morgan fingerprint density at radius 1 is 1.38 bits per heavy atom. The number of benzene rings is 1. The molecule has 0 radical (unpaired) electrons. The Hall–Kier alpha value is -1.61. The van der Waals surface area contributed by atoms with E-state index in [0.717, 1.165) is 18.2 Å². The number of amides is 1. The van der Waals surface area contributed by atoms with Gasteiger partial charge in [-0.15, -0.1) is 0 Å². The zero-order valence-electron chi connectivity index (χ0n) is 10.6. The summed E-state index contributed by atoms with van der Waals surface area (Å²) in [5.41, 5.74) is 4.48. The van der Waals surface area contributed by atoms with Gasteiger partial charge in [-0.2, -0.15) is 13.2 Å². The van der Waals surface area contributed by atoms with E-state index in [0.29, 0.717) is 0 Å². The molecule has 0 aliphatic rings. The molecule has 21 heavy (non-hydrogen) atoms. The highest BCUT2D eigenvalue weighted by Gasteiger charge is 2.31. The van der Waals surface area contributed by atoms with Crippen LogP contribution in [0.2, 0.25) is 0 Å². The third-order valence-electron chi connectivity index (χ3n) is 2.56. The summed E-state index contributed by atoms with van der Waals surface area (Å²) in [4.78, 5) is 22.1. The summed E-state index contributed by atoms with van der Waals surface area (Å²) >= 11 is 3.02. The lowest BCUT2D eigenvalue weighted by Gasteiger charge is -2.14. The average Bonchev–Trinajstić information content (AvgIpc) is 2.36. The van der Waals surface area contributed by atoms with Crippen LogP contribution in [0.4, 0.5) is 18.9 Å². The molecule has 0 aromatic heterocycles. The van der Waals surface area contributed by atoms with Crippen molar-refractivity contribution in [1.29, 1.82) is 0 Å². The van der Waals surface area contributed by atoms with E-state index in [9.17, 15) is 22.8 Å². The van der Waals surface area contributed by atoms with Crippen molar-refractivity contribution in [2.45, 2.75) is 25.1 Å². The number of nitrogens with one attached hydrogen (secondary N) is 1. The van der Waals surface area contributed by atoms with Gasteiger partial charge in [-0.25, -0.2) is 0 Å². The summed E-state index contributed by atoms with van der Waals surface area (Å²) in [6, 6.07) is 1.67. The lowest BCUT2D eigenvalue weighted by Crippen LogP contribution is -2.36. The molecule has 4 N–H and O–H groups in total. The molecule has 0 saturated heterocycles. The van der Waals surface area contributed by atoms with E-state index in [1.165, 1.54) is 0 Å². The maximum atomic E-state index is 12.6. The monoisotopic (exact) mass is 368 g/mol. The first-order valence-electron chi connectivity index (χ1n) is 5.76. The molecule has 0 fully saturated rings. The first-order chi connectivity index (χ1) is 9.61. The highest BCUT2D eigenvalue weighted by molar-refractivity contribution is 9.10. The van der Waals surface area contributed by atoms with Crippen molar-refractivity contribution in [3.8, 4) is 0 Å². The second-order valence-corrected chi connectivity index (χ2v) is 5.07. The van der Waals surface area contributed by atoms with Crippen molar-refractivity contribution in [1.82, 2.24) is 0 Å². The molecule has 0 aliphatic carbocycles. The Morgan fingerprint density at radius 3 is 2.52 bits per heavy atom. The number of carbonyl (C=O) groups excluding carboxylic acids is 1. The molecule has 9 heteroatoms. The van der Waals surface area contributed by atoms with Gasteiger partial charge < -0.3 is 16.2 Å². The van der Waals surface area contributed by atoms with Gasteiger partial charge in [0.15, 0.2) is 0 Å². The number of halogens is 4. The maximum Gasteiger partial charge on any atom is 0.416 e. The summed E-state index contributed by atoms with van der Waals surface area (Å²) in [5, 5.41) is 10.7. The molecule has 0 spiro atoms. The molecule has 5 nitrogen and oxygen atoms in total. The van der Waals surface area contributed by atoms with Crippen LogP contribution in [0.5, 0.6) is 0 Å². The van der Waals surface area contributed by atoms with E-state index in [-0.39, 0.29) is 23.0 Å². The summed E-state index contributed by atoms with van der Waals surface area (Å²) in [5.74, 6) is -1.87. The number of hydrogen-bond donors (Lipinski definition) is 3. The summed E-state index contributed by atoms with van der Waals surface area (Å²) in [7, 11) is 0. The number of carboxylic acid groups (broad SMARTS) is 1. The van der Waals surface area contributed by atoms with E-state index < -0.39 is 29.7 Å². The molecule has 0 bridgehead atoms. The number of anilines is 1. The largest absolute Gasteiger partial charge is 0.481 e. The Morgan fingerprint density at radius 2 is 2.00 bits per heavy atom. The molecule has 1 unspecified atom stereocenters. The van der Waals surface area contributed by atoms with Crippen molar-refractivity contribution in [2.75, 3.05) is 5.32 Å². The SMILES string of the molecule is NC(CCC(=O)O)C(=O)Nc1cc(C(F)(F)F)ccc1Br. The van der Waals surface area contributed by atoms with E-state index in [1.54, 1.807) is 0 Å². The van der Waals surface area contributed by atoms with E-state index in [1.807, 2.05) is 0 Å². The van der Waals surface area contributed by atoms with Crippen LogP contribution in [0, 0.1) is 0 Å². The summed E-state index contributed by atoms with van der Waals surface area (Å²) < 4.78 is 38.0. The second kappa shape index (κ2) is 6.90. The zero-order chi connectivity index (χ0) is 16.2. The van der Waals surface area contributed by atoms with Gasteiger partial charge in [-0.3, -0.25) is 9.59 Å². The zero-order valence-corrected chi connectivity index (χ0v) is 12.2. The number of rotatable bonds is 5. The van der Waals surface area contributed by atoms with Gasteiger partial charge in [-0.1, -0.05) is 0 Å².